The molecule has 0 aromatic heterocycles. The molecule has 0 radical (unpaired) electrons. The summed E-state index contributed by atoms with van der Waals surface area (Å²) in [5.41, 5.74) is 1.65. The molecule has 1 amide bonds. The Kier molecular flexibility index (Phi) is 4.95. The second-order valence-corrected chi connectivity index (χ2v) is 6.56. The quantitative estimate of drug-likeness (QED) is 0.888. The maximum Gasteiger partial charge on any atom is 0.232 e. The van der Waals surface area contributed by atoms with Gasteiger partial charge in [0.05, 0.1) is 5.92 Å². The van der Waals surface area contributed by atoms with Crippen molar-refractivity contribution in [1.82, 2.24) is 0 Å². The highest BCUT2D eigenvalue weighted by Crippen LogP contribution is 2.33. The summed E-state index contributed by atoms with van der Waals surface area (Å²) in [5, 5.41) is 3.64. The number of nitrogens with one attached hydrogen (secondary N) is 1. The van der Waals surface area contributed by atoms with E-state index in [-0.39, 0.29) is 17.7 Å². The Morgan fingerprint density at radius 1 is 1.04 bits per heavy atom. The van der Waals surface area contributed by atoms with E-state index in [4.69, 9.17) is 21.1 Å². The third kappa shape index (κ3) is 3.65. The highest BCUT2D eigenvalue weighted by molar-refractivity contribution is 6.30. The van der Waals surface area contributed by atoms with E-state index in [1.807, 2.05) is 50.2 Å². The van der Waals surface area contributed by atoms with Crippen LogP contribution in [-0.2, 0) is 4.79 Å². The lowest BCUT2D eigenvalue weighted by atomic mass is 9.87. The van der Waals surface area contributed by atoms with E-state index in [0.29, 0.717) is 35.4 Å². The Morgan fingerprint density at radius 3 is 2.38 bits per heavy atom. The minimum Gasteiger partial charge on any atom is -0.486 e. The second kappa shape index (κ2) is 7.14. The van der Waals surface area contributed by atoms with Gasteiger partial charge in [0.25, 0.3) is 0 Å². The van der Waals surface area contributed by atoms with Crippen molar-refractivity contribution in [2.24, 2.45) is 5.92 Å². The molecule has 2 aromatic rings. The second-order valence-electron chi connectivity index (χ2n) is 6.12. The molecule has 1 aliphatic heterocycles. The lowest BCUT2D eigenvalue weighted by molar-refractivity contribution is -0.118. The largest absolute Gasteiger partial charge is 0.486 e. The van der Waals surface area contributed by atoms with E-state index >= 15 is 0 Å². The van der Waals surface area contributed by atoms with Crippen LogP contribution in [-0.4, -0.2) is 19.1 Å². The fraction of sp³-hybridized carbons (Fsp3) is 0.316. The Bertz CT molecular complexity index is 728. The number of hydrogen-bond donors (Lipinski definition) is 1. The first kappa shape index (κ1) is 16.7. The third-order valence-corrected chi connectivity index (χ3v) is 4.24. The average molecular weight is 346 g/mol. The molecule has 0 saturated carbocycles. The Hall–Kier alpha value is -2.20. The van der Waals surface area contributed by atoms with Gasteiger partial charge in [0.1, 0.15) is 13.2 Å². The number of halogens is 1. The van der Waals surface area contributed by atoms with Crippen molar-refractivity contribution in [3.05, 3.63) is 53.1 Å². The highest BCUT2D eigenvalue weighted by Gasteiger charge is 2.24. The topological polar surface area (TPSA) is 47.6 Å². The fourth-order valence-electron chi connectivity index (χ4n) is 2.85. The minimum atomic E-state index is -0.254. The van der Waals surface area contributed by atoms with Crippen molar-refractivity contribution in [1.29, 1.82) is 0 Å². The number of rotatable bonds is 4. The SMILES string of the molecule is CC(C)[C@@H](C(=O)Nc1ccc2c(c1)OCCO2)c1ccc(Cl)cc1. The summed E-state index contributed by atoms with van der Waals surface area (Å²) in [6, 6.07) is 12.9. The molecule has 24 heavy (non-hydrogen) atoms. The van der Waals surface area contributed by atoms with E-state index in [9.17, 15) is 4.79 Å². The van der Waals surface area contributed by atoms with Crippen LogP contribution in [0, 0.1) is 5.92 Å². The molecule has 0 spiro atoms. The Morgan fingerprint density at radius 2 is 1.71 bits per heavy atom. The molecule has 0 aliphatic carbocycles. The number of benzene rings is 2. The van der Waals surface area contributed by atoms with Crippen molar-refractivity contribution in [2.45, 2.75) is 19.8 Å². The van der Waals surface area contributed by atoms with Gasteiger partial charge >= 0.3 is 0 Å². The maximum absolute atomic E-state index is 12.8. The lowest BCUT2D eigenvalue weighted by Crippen LogP contribution is -2.25. The van der Waals surface area contributed by atoms with Gasteiger partial charge in [0.2, 0.25) is 5.91 Å². The zero-order valence-electron chi connectivity index (χ0n) is 13.7. The summed E-state index contributed by atoms with van der Waals surface area (Å²) < 4.78 is 11.1. The summed E-state index contributed by atoms with van der Waals surface area (Å²) in [6.07, 6.45) is 0. The van der Waals surface area contributed by atoms with Gasteiger partial charge in [-0.05, 0) is 35.7 Å². The van der Waals surface area contributed by atoms with E-state index in [1.54, 1.807) is 6.07 Å². The van der Waals surface area contributed by atoms with Crippen LogP contribution < -0.4 is 14.8 Å². The van der Waals surface area contributed by atoms with Gasteiger partial charge in [-0.2, -0.15) is 0 Å². The van der Waals surface area contributed by atoms with E-state index < -0.39 is 0 Å². The number of carbonyl (C=O) groups excluding carboxylic acids is 1. The minimum absolute atomic E-state index is 0.0519. The molecular weight excluding hydrogens is 326 g/mol. The molecule has 1 heterocycles. The summed E-state index contributed by atoms with van der Waals surface area (Å²) >= 11 is 5.95. The van der Waals surface area contributed by atoms with Crippen molar-refractivity contribution in [3.63, 3.8) is 0 Å². The van der Waals surface area contributed by atoms with Crippen LogP contribution >= 0.6 is 11.6 Å². The molecular formula is C19H20ClNO3. The normalized spacial score (nSPS) is 14.3. The number of ether oxygens (including phenoxy) is 2. The average Bonchev–Trinajstić information content (AvgIpc) is 2.56. The smallest absolute Gasteiger partial charge is 0.232 e. The molecule has 0 unspecified atom stereocenters. The molecule has 3 rings (SSSR count). The summed E-state index contributed by atoms with van der Waals surface area (Å²) in [4.78, 5) is 12.8. The Labute approximate surface area is 146 Å². The number of anilines is 1. The van der Waals surface area contributed by atoms with Gasteiger partial charge in [-0.3, -0.25) is 4.79 Å². The molecule has 4 nitrogen and oxygen atoms in total. The van der Waals surface area contributed by atoms with Crippen LogP contribution in [0.4, 0.5) is 5.69 Å². The van der Waals surface area contributed by atoms with Crippen LogP contribution in [0.25, 0.3) is 0 Å². The summed E-state index contributed by atoms with van der Waals surface area (Å²) in [7, 11) is 0. The lowest BCUT2D eigenvalue weighted by Gasteiger charge is -2.22. The van der Waals surface area contributed by atoms with Gasteiger partial charge < -0.3 is 14.8 Å². The van der Waals surface area contributed by atoms with Gasteiger partial charge in [-0.25, -0.2) is 0 Å². The van der Waals surface area contributed by atoms with Gasteiger partial charge in [0, 0.05) is 16.8 Å². The zero-order valence-corrected chi connectivity index (χ0v) is 14.5. The standard InChI is InChI=1S/C19H20ClNO3/c1-12(2)18(13-3-5-14(20)6-4-13)19(22)21-15-7-8-16-17(11-15)24-10-9-23-16/h3-8,11-12,18H,9-10H2,1-2H3,(H,21,22)/t18-/m1/s1. The van der Waals surface area contributed by atoms with Gasteiger partial charge in [-0.1, -0.05) is 37.6 Å². The number of amides is 1. The predicted molar refractivity (Wildman–Crippen MR) is 95.1 cm³/mol. The van der Waals surface area contributed by atoms with Crippen LogP contribution in [0.5, 0.6) is 11.5 Å². The number of fused-ring (bicyclic) bond motifs is 1. The molecule has 1 N–H and O–H groups in total. The molecule has 1 atom stereocenters. The van der Waals surface area contributed by atoms with Crippen LogP contribution in [0.2, 0.25) is 5.02 Å². The Balaban J connectivity index is 1.80. The molecule has 0 fully saturated rings. The van der Waals surface area contributed by atoms with Crippen molar-refractivity contribution in [2.75, 3.05) is 18.5 Å². The molecule has 0 bridgehead atoms. The first-order chi connectivity index (χ1) is 11.5. The van der Waals surface area contributed by atoms with Crippen molar-refractivity contribution in [3.8, 4) is 11.5 Å². The first-order valence-electron chi connectivity index (χ1n) is 8.00. The van der Waals surface area contributed by atoms with Crippen molar-refractivity contribution >= 4 is 23.2 Å². The van der Waals surface area contributed by atoms with Crippen LogP contribution in [0.3, 0.4) is 0 Å². The highest BCUT2D eigenvalue weighted by atomic mass is 35.5. The first-order valence-corrected chi connectivity index (χ1v) is 8.38. The molecule has 1 aliphatic rings. The van der Waals surface area contributed by atoms with E-state index in [0.717, 1.165) is 5.56 Å². The third-order valence-electron chi connectivity index (χ3n) is 3.99. The van der Waals surface area contributed by atoms with Gasteiger partial charge in [0.15, 0.2) is 11.5 Å². The molecule has 0 saturated heterocycles. The van der Waals surface area contributed by atoms with Gasteiger partial charge in [-0.15, -0.1) is 0 Å². The number of carbonyl (C=O) groups is 1. The van der Waals surface area contributed by atoms with Crippen LogP contribution in [0.1, 0.15) is 25.3 Å². The summed E-state index contributed by atoms with van der Waals surface area (Å²) in [5.74, 6) is 1.21. The monoisotopic (exact) mass is 345 g/mol. The molecule has 126 valence electrons. The van der Waals surface area contributed by atoms with E-state index in [2.05, 4.69) is 5.32 Å². The molecule has 5 heteroatoms. The molecule has 2 aromatic carbocycles. The fourth-order valence-corrected chi connectivity index (χ4v) is 2.98. The zero-order chi connectivity index (χ0) is 17.1. The van der Waals surface area contributed by atoms with E-state index in [1.165, 1.54) is 0 Å². The maximum atomic E-state index is 12.8. The summed E-state index contributed by atoms with van der Waals surface area (Å²) in [6.45, 7) is 5.12. The van der Waals surface area contributed by atoms with Crippen LogP contribution in [0.15, 0.2) is 42.5 Å². The predicted octanol–water partition coefficient (Wildman–Crippen LogP) is 4.49. The van der Waals surface area contributed by atoms with Crippen molar-refractivity contribution < 1.29 is 14.3 Å². The number of hydrogen-bond acceptors (Lipinski definition) is 3.